The molecule has 0 spiro atoms. The van der Waals surface area contributed by atoms with Crippen LogP contribution in [0.4, 0.5) is 0 Å². The van der Waals surface area contributed by atoms with Gasteiger partial charge in [-0.15, -0.1) is 10.2 Å². The second-order valence-corrected chi connectivity index (χ2v) is 7.48. The first kappa shape index (κ1) is 19.3. The number of ether oxygens (including phenoxy) is 1. The van der Waals surface area contributed by atoms with Gasteiger partial charge < -0.3 is 14.5 Å². The Morgan fingerprint density at radius 2 is 1.93 bits per heavy atom. The lowest BCUT2D eigenvalue weighted by Crippen LogP contribution is -2.51. The molecule has 1 saturated heterocycles. The summed E-state index contributed by atoms with van der Waals surface area (Å²) in [5.74, 6) is -0.0128. The lowest BCUT2D eigenvalue weighted by atomic mass is 9.99. The van der Waals surface area contributed by atoms with E-state index in [2.05, 4.69) is 20.2 Å². The number of carbonyl (C=O) groups excluding carboxylic acids is 1. The number of morpholine rings is 1. The molecule has 2 atom stereocenters. The summed E-state index contributed by atoms with van der Waals surface area (Å²) in [6.45, 7) is 1.77. The molecule has 0 unspecified atom stereocenters. The molecule has 3 aromatic rings. The van der Waals surface area contributed by atoms with Crippen LogP contribution in [0, 0.1) is 0 Å². The Hall–Kier alpha value is -3.04. The summed E-state index contributed by atoms with van der Waals surface area (Å²) in [6.07, 6.45) is 6.91. The number of rotatable bonds is 5. The van der Waals surface area contributed by atoms with Crippen LogP contribution in [0.15, 0.2) is 49.3 Å². The normalized spacial score (nSPS) is 19.7. The van der Waals surface area contributed by atoms with Gasteiger partial charge in [0.1, 0.15) is 12.7 Å². The molecule has 0 aliphatic carbocycles. The first-order chi connectivity index (χ1) is 14.0. The van der Waals surface area contributed by atoms with E-state index in [1.54, 1.807) is 21.9 Å². The van der Waals surface area contributed by atoms with E-state index in [0.29, 0.717) is 18.7 Å². The minimum absolute atomic E-state index is 0.0128. The molecule has 3 heterocycles. The van der Waals surface area contributed by atoms with Crippen molar-refractivity contribution in [3.63, 3.8) is 0 Å². The van der Waals surface area contributed by atoms with Crippen LogP contribution in [0.2, 0.25) is 0 Å². The SMILES string of the molecule is CN(C)C[C@@H]1OCCN(C(=O)c2ccc(-n3cnnc3)cc2)[C@H]1c1cnn(C)c1. The Bertz CT molecular complexity index is 950. The van der Waals surface area contributed by atoms with Crippen LogP contribution in [0.3, 0.4) is 0 Å². The van der Waals surface area contributed by atoms with Gasteiger partial charge in [-0.1, -0.05) is 0 Å². The summed E-state index contributed by atoms with van der Waals surface area (Å²) in [5, 5.41) is 11.9. The van der Waals surface area contributed by atoms with Crippen molar-refractivity contribution in [3.05, 3.63) is 60.4 Å². The van der Waals surface area contributed by atoms with Crippen LogP contribution in [0.5, 0.6) is 0 Å². The minimum atomic E-state index is -0.190. The molecule has 1 fully saturated rings. The fourth-order valence-corrected chi connectivity index (χ4v) is 3.74. The summed E-state index contributed by atoms with van der Waals surface area (Å²) in [5.41, 5.74) is 2.53. The topological polar surface area (TPSA) is 81.3 Å². The summed E-state index contributed by atoms with van der Waals surface area (Å²) in [4.78, 5) is 17.4. The highest BCUT2D eigenvalue weighted by Gasteiger charge is 2.37. The van der Waals surface area contributed by atoms with Crippen molar-refractivity contribution < 1.29 is 9.53 Å². The molecule has 2 aromatic heterocycles. The molecule has 0 bridgehead atoms. The smallest absolute Gasteiger partial charge is 0.254 e. The lowest BCUT2D eigenvalue weighted by Gasteiger charge is -2.41. The zero-order chi connectivity index (χ0) is 20.4. The number of likely N-dealkylation sites (N-methyl/N-ethyl adjacent to an activating group) is 1. The maximum atomic E-state index is 13.4. The number of aryl methyl sites for hydroxylation is 1. The predicted molar refractivity (Wildman–Crippen MR) is 107 cm³/mol. The average molecular weight is 395 g/mol. The van der Waals surface area contributed by atoms with Crippen LogP contribution >= 0.6 is 0 Å². The highest BCUT2D eigenvalue weighted by molar-refractivity contribution is 5.94. The third kappa shape index (κ3) is 4.06. The molecule has 0 N–H and O–H groups in total. The Kier molecular flexibility index (Phi) is 5.41. The zero-order valence-electron chi connectivity index (χ0n) is 16.8. The van der Waals surface area contributed by atoms with Crippen LogP contribution in [-0.4, -0.2) is 80.1 Å². The summed E-state index contributed by atoms with van der Waals surface area (Å²) < 4.78 is 9.62. The third-order valence-electron chi connectivity index (χ3n) is 5.06. The molecule has 1 aliphatic rings. The Morgan fingerprint density at radius 1 is 1.21 bits per heavy atom. The van der Waals surface area contributed by atoms with Crippen molar-refractivity contribution in [2.45, 2.75) is 12.1 Å². The summed E-state index contributed by atoms with van der Waals surface area (Å²) in [6, 6.07) is 7.29. The number of nitrogens with zero attached hydrogens (tertiary/aromatic N) is 7. The highest BCUT2D eigenvalue weighted by atomic mass is 16.5. The predicted octanol–water partition coefficient (Wildman–Crippen LogP) is 1.14. The maximum absolute atomic E-state index is 13.4. The Morgan fingerprint density at radius 3 is 2.55 bits per heavy atom. The van der Waals surface area contributed by atoms with E-state index < -0.39 is 0 Å². The van der Waals surface area contributed by atoms with Crippen molar-refractivity contribution in [2.75, 3.05) is 33.8 Å². The van der Waals surface area contributed by atoms with Gasteiger partial charge >= 0.3 is 0 Å². The van der Waals surface area contributed by atoms with E-state index in [-0.39, 0.29) is 18.1 Å². The van der Waals surface area contributed by atoms with E-state index in [4.69, 9.17) is 4.74 Å². The van der Waals surface area contributed by atoms with Crippen molar-refractivity contribution in [1.29, 1.82) is 0 Å². The number of benzene rings is 1. The van der Waals surface area contributed by atoms with E-state index in [1.165, 1.54) is 0 Å². The minimum Gasteiger partial charge on any atom is -0.373 e. The lowest BCUT2D eigenvalue weighted by molar-refractivity contribution is -0.0684. The molecule has 1 aliphatic heterocycles. The third-order valence-corrected chi connectivity index (χ3v) is 5.06. The fourth-order valence-electron chi connectivity index (χ4n) is 3.74. The number of hydrogen-bond acceptors (Lipinski definition) is 6. The van der Waals surface area contributed by atoms with Gasteiger partial charge in [0.25, 0.3) is 5.91 Å². The molecule has 0 saturated carbocycles. The summed E-state index contributed by atoms with van der Waals surface area (Å²) >= 11 is 0. The second kappa shape index (κ2) is 8.14. The molecule has 1 amide bonds. The van der Waals surface area contributed by atoms with Crippen molar-refractivity contribution >= 4 is 5.91 Å². The Balaban J connectivity index is 1.62. The van der Waals surface area contributed by atoms with Gasteiger partial charge in [-0.3, -0.25) is 14.0 Å². The molecule has 1 aromatic carbocycles. The van der Waals surface area contributed by atoms with Crippen molar-refractivity contribution in [3.8, 4) is 5.69 Å². The average Bonchev–Trinajstić information content (AvgIpc) is 3.39. The van der Waals surface area contributed by atoms with Gasteiger partial charge in [0.2, 0.25) is 0 Å². The van der Waals surface area contributed by atoms with E-state index in [0.717, 1.165) is 17.8 Å². The van der Waals surface area contributed by atoms with Gasteiger partial charge in [-0.2, -0.15) is 5.10 Å². The highest BCUT2D eigenvalue weighted by Crippen LogP contribution is 2.31. The van der Waals surface area contributed by atoms with Crippen LogP contribution in [0.1, 0.15) is 22.0 Å². The van der Waals surface area contributed by atoms with Crippen LogP contribution in [0.25, 0.3) is 5.69 Å². The monoisotopic (exact) mass is 395 g/mol. The van der Waals surface area contributed by atoms with E-state index in [9.17, 15) is 4.79 Å². The van der Waals surface area contributed by atoms with Gasteiger partial charge in [0.05, 0.1) is 24.9 Å². The number of aromatic nitrogens is 5. The molecule has 4 rings (SSSR count). The quantitative estimate of drug-likeness (QED) is 0.645. The first-order valence-electron chi connectivity index (χ1n) is 9.54. The van der Waals surface area contributed by atoms with Gasteiger partial charge in [0, 0.05) is 43.1 Å². The molecule has 29 heavy (non-hydrogen) atoms. The Labute approximate surface area is 169 Å². The van der Waals surface area contributed by atoms with Gasteiger partial charge in [0.15, 0.2) is 0 Å². The molecular weight excluding hydrogens is 370 g/mol. The molecular formula is C20H25N7O2. The van der Waals surface area contributed by atoms with Gasteiger partial charge in [-0.25, -0.2) is 0 Å². The van der Waals surface area contributed by atoms with E-state index in [1.807, 2.05) is 62.7 Å². The van der Waals surface area contributed by atoms with Crippen molar-refractivity contribution in [1.82, 2.24) is 34.3 Å². The standard InChI is InChI=1S/C20H25N7O2/c1-24(2)12-18-19(16-10-23-25(3)11-16)27(8-9-29-18)20(28)15-4-6-17(7-5-15)26-13-21-22-14-26/h4-7,10-11,13-14,18-19H,8-9,12H2,1-3H3/t18-,19-/m0/s1. The van der Waals surface area contributed by atoms with Crippen molar-refractivity contribution in [2.24, 2.45) is 7.05 Å². The first-order valence-corrected chi connectivity index (χ1v) is 9.54. The fraction of sp³-hybridized carbons (Fsp3) is 0.400. The largest absolute Gasteiger partial charge is 0.373 e. The molecule has 152 valence electrons. The van der Waals surface area contributed by atoms with E-state index >= 15 is 0 Å². The van der Waals surface area contributed by atoms with Crippen LogP contribution < -0.4 is 0 Å². The second-order valence-electron chi connectivity index (χ2n) is 7.48. The van der Waals surface area contributed by atoms with Crippen LogP contribution in [-0.2, 0) is 11.8 Å². The maximum Gasteiger partial charge on any atom is 0.254 e. The molecule has 0 radical (unpaired) electrons. The van der Waals surface area contributed by atoms with Gasteiger partial charge in [-0.05, 0) is 38.4 Å². The zero-order valence-corrected chi connectivity index (χ0v) is 16.8. The molecule has 9 nitrogen and oxygen atoms in total. The number of hydrogen-bond donors (Lipinski definition) is 0. The molecule has 9 heteroatoms. The number of carbonyl (C=O) groups is 1. The number of amides is 1. The summed E-state index contributed by atoms with van der Waals surface area (Å²) in [7, 11) is 5.90.